The number of nitro benzene ring substituents is 1. The molecule has 0 atom stereocenters. The van der Waals surface area contributed by atoms with Gasteiger partial charge in [-0.1, -0.05) is 28.4 Å². The van der Waals surface area contributed by atoms with Gasteiger partial charge in [-0.2, -0.15) is 0 Å². The van der Waals surface area contributed by atoms with Crippen molar-refractivity contribution in [1.82, 2.24) is 0 Å². The van der Waals surface area contributed by atoms with E-state index >= 15 is 0 Å². The second-order valence-corrected chi connectivity index (χ2v) is 5.98. The van der Waals surface area contributed by atoms with Gasteiger partial charge in [-0.15, -0.1) is 0 Å². The van der Waals surface area contributed by atoms with Crippen LogP contribution in [0.1, 0.15) is 19.3 Å². The summed E-state index contributed by atoms with van der Waals surface area (Å²) in [4.78, 5) is 10.4. The number of ether oxygens (including phenoxy) is 1. The van der Waals surface area contributed by atoms with Crippen LogP contribution < -0.4 is 4.74 Å². The standard InChI is InChI=1S/C12H13Br2NO3/c13-7-12(5-2-6-12)8-18-10-4-1-3-9(11(10)14)15(16)17/h1,3-4H,2,5-8H2. The summed E-state index contributed by atoms with van der Waals surface area (Å²) in [5.41, 5.74) is 0.235. The van der Waals surface area contributed by atoms with E-state index in [1.165, 1.54) is 12.5 Å². The molecular formula is C12H13Br2NO3. The highest BCUT2D eigenvalue weighted by molar-refractivity contribution is 9.10. The molecule has 0 aliphatic heterocycles. The zero-order chi connectivity index (χ0) is 13.2. The van der Waals surface area contributed by atoms with Crippen molar-refractivity contribution in [2.45, 2.75) is 19.3 Å². The largest absolute Gasteiger partial charge is 0.492 e. The highest BCUT2D eigenvalue weighted by Gasteiger charge is 2.37. The highest BCUT2D eigenvalue weighted by Crippen LogP contribution is 2.43. The average Bonchev–Trinajstić information content (AvgIpc) is 2.29. The quantitative estimate of drug-likeness (QED) is 0.436. The Labute approximate surface area is 122 Å². The van der Waals surface area contributed by atoms with Crippen LogP contribution in [0.15, 0.2) is 22.7 Å². The summed E-state index contributed by atoms with van der Waals surface area (Å²) in [5.74, 6) is 0.538. The number of hydrogen-bond donors (Lipinski definition) is 0. The molecule has 0 spiro atoms. The van der Waals surface area contributed by atoms with Gasteiger partial charge in [0.1, 0.15) is 10.2 Å². The van der Waals surface area contributed by atoms with Crippen molar-refractivity contribution < 1.29 is 9.66 Å². The molecule has 0 aromatic heterocycles. The number of hydrogen-bond acceptors (Lipinski definition) is 3. The van der Waals surface area contributed by atoms with E-state index in [1.807, 2.05) is 0 Å². The van der Waals surface area contributed by atoms with E-state index in [9.17, 15) is 10.1 Å². The minimum Gasteiger partial charge on any atom is -0.492 e. The van der Waals surface area contributed by atoms with Crippen LogP contribution in [-0.4, -0.2) is 16.9 Å². The Morgan fingerprint density at radius 3 is 2.67 bits per heavy atom. The summed E-state index contributed by atoms with van der Waals surface area (Å²) in [6, 6.07) is 4.85. The fourth-order valence-corrected chi connectivity index (χ4v) is 3.22. The molecule has 6 heteroatoms. The second kappa shape index (κ2) is 5.57. The molecule has 0 heterocycles. The van der Waals surface area contributed by atoms with Gasteiger partial charge in [-0.25, -0.2) is 0 Å². The molecule has 18 heavy (non-hydrogen) atoms. The first-order chi connectivity index (χ1) is 8.58. The Kier molecular flexibility index (Phi) is 4.27. The lowest BCUT2D eigenvalue weighted by Gasteiger charge is -2.40. The van der Waals surface area contributed by atoms with Gasteiger partial charge in [-0.05, 0) is 34.8 Å². The molecule has 0 saturated heterocycles. The summed E-state index contributed by atoms with van der Waals surface area (Å²) in [7, 11) is 0. The van der Waals surface area contributed by atoms with Crippen LogP contribution in [0.3, 0.4) is 0 Å². The van der Waals surface area contributed by atoms with Crippen LogP contribution in [0.2, 0.25) is 0 Å². The molecule has 4 nitrogen and oxygen atoms in total. The Morgan fingerprint density at radius 1 is 1.44 bits per heavy atom. The first kappa shape index (κ1) is 13.8. The zero-order valence-corrected chi connectivity index (χ0v) is 12.9. The van der Waals surface area contributed by atoms with Gasteiger partial charge < -0.3 is 4.74 Å². The lowest BCUT2D eigenvalue weighted by molar-refractivity contribution is -0.385. The van der Waals surface area contributed by atoms with Gasteiger partial charge in [0.2, 0.25) is 0 Å². The number of rotatable bonds is 5. The zero-order valence-electron chi connectivity index (χ0n) is 9.70. The number of nitrogens with zero attached hydrogens (tertiary/aromatic N) is 1. The van der Waals surface area contributed by atoms with E-state index in [0.717, 1.165) is 18.2 Å². The number of alkyl halides is 1. The fraction of sp³-hybridized carbons (Fsp3) is 0.500. The molecule has 1 aromatic rings. The third kappa shape index (κ3) is 2.69. The lowest BCUT2D eigenvalue weighted by Crippen LogP contribution is -2.37. The third-order valence-corrected chi connectivity index (χ3v) is 5.36. The van der Waals surface area contributed by atoms with Crippen molar-refractivity contribution in [2.75, 3.05) is 11.9 Å². The van der Waals surface area contributed by atoms with E-state index in [0.29, 0.717) is 16.8 Å². The van der Waals surface area contributed by atoms with Crippen LogP contribution in [0.4, 0.5) is 5.69 Å². The Morgan fingerprint density at radius 2 is 2.17 bits per heavy atom. The van der Waals surface area contributed by atoms with Crippen molar-refractivity contribution in [3.05, 3.63) is 32.8 Å². The minimum absolute atomic E-state index is 0.0361. The Bertz CT molecular complexity index is 455. The minimum atomic E-state index is -0.416. The summed E-state index contributed by atoms with van der Waals surface area (Å²) < 4.78 is 6.16. The van der Waals surface area contributed by atoms with E-state index in [2.05, 4.69) is 31.9 Å². The van der Waals surface area contributed by atoms with Crippen LogP contribution in [-0.2, 0) is 0 Å². The van der Waals surface area contributed by atoms with Crippen LogP contribution >= 0.6 is 31.9 Å². The summed E-state index contributed by atoms with van der Waals surface area (Å²) in [5, 5.41) is 11.7. The van der Waals surface area contributed by atoms with E-state index in [4.69, 9.17) is 4.74 Å². The molecule has 0 unspecified atom stereocenters. The average molecular weight is 379 g/mol. The lowest BCUT2D eigenvalue weighted by atomic mass is 9.71. The number of benzene rings is 1. The predicted octanol–water partition coefficient (Wildman–Crippen LogP) is 4.30. The molecule has 0 N–H and O–H groups in total. The fourth-order valence-electron chi connectivity index (χ4n) is 1.98. The highest BCUT2D eigenvalue weighted by atomic mass is 79.9. The van der Waals surface area contributed by atoms with Gasteiger partial charge in [0.25, 0.3) is 5.69 Å². The Balaban J connectivity index is 2.10. The maximum absolute atomic E-state index is 10.8. The van der Waals surface area contributed by atoms with E-state index < -0.39 is 4.92 Å². The van der Waals surface area contributed by atoms with Crippen molar-refractivity contribution in [3.8, 4) is 5.75 Å². The van der Waals surface area contributed by atoms with E-state index in [1.54, 1.807) is 12.1 Å². The molecule has 2 rings (SSSR count). The molecule has 0 radical (unpaired) electrons. The monoisotopic (exact) mass is 377 g/mol. The maximum atomic E-state index is 10.8. The summed E-state index contributed by atoms with van der Waals surface area (Å²) >= 11 is 6.75. The first-order valence-electron chi connectivity index (χ1n) is 5.70. The maximum Gasteiger partial charge on any atom is 0.287 e. The number of halogens is 2. The second-order valence-electron chi connectivity index (χ2n) is 4.62. The van der Waals surface area contributed by atoms with Crippen LogP contribution in [0, 0.1) is 15.5 Å². The molecule has 1 aliphatic rings. The molecule has 1 aliphatic carbocycles. The molecular weight excluding hydrogens is 366 g/mol. The summed E-state index contributed by atoms with van der Waals surface area (Å²) in [6.45, 7) is 0.595. The molecule has 1 fully saturated rings. The van der Waals surface area contributed by atoms with Gasteiger partial charge >= 0.3 is 0 Å². The number of nitro groups is 1. The van der Waals surface area contributed by atoms with Crippen LogP contribution in [0.25, 0.3) is 0 Å². The molecule has 1 aromatic carbocycles. The van der Waals surface area contributed by atoms with E-state index in [-0.39, 0.29) is 11.1 Å². The molecule has 0 bridgehead atoms. The van der Waals surface area contributed by atoms with Gasteiger partial charge in [-0.3, -0.25) is 10.1 Å². The van der Waals surface area contributed by atoms with Crippen molar-refractivity contribution >= 4 is 37.5 Å². The smallest absolute Gasteiger partial charge is 0.287 e. The topological polar surface area (TPSA) is 52.4 Å². The summed E-state index contributed by atoms with van der Waals surface area (Å²) in [6.07, 6.45) is 3.51. The first-order valence-corrected chi connectivity index (χ1v) is 7.61. The van der Waals surface area contributed by atoms with Gasteiger partial charge in [0.15, 0.2) is 0 Å². The van der Waals surface area contributed by atoms with Crippen molar-refractivity contribution in [3.63, 3.8) is 0 Å². The van der Waals surface area contributed by atoms with Crippen molar-refractivity contribution in [2.24, 2.45) is 5.41 Å². The predicted molar refractivity (Wildman–Crippen MR) is 76.4 cm³/mol. The van der Waals surface area contributed by atoms with Crippen molar-refractivity contribution in [1.29, 1.82) is 0 Å². The third-order valence-electron chi connectivity index (χ3n) is 3.37. The molecule has 98 valence electrons. The van der Waals surface area contributed by atoms with Crippen LogP contribution in [0.5, 0.6) is 5.75 Å². The molecule has 0 amide bonds. The van der Waals surface area contributed by atoms with Gasteiger partial charge in [0, 0.05) is 16.8 Å². The van der Waals surface area contributed by atoms with Gasteiger partial charge in [0.05, 0.1) is 11.5 Å². The SMILES string of the molecule is O=[N+]([O-])c1cccc(OCC2(CBr)CCC2)c1Br. The normalized spacial score (nSPS) is 17.0. The molecule has 1 saturated carbocycles. The Hall–Kier alpha value is -0.620.